The van der Waals surface area contributed by atoms with Crippen molar-refractivity contribution >= 4 is 11.0 Å². The number of hydrogen-bond donors (Lipinski definition) is 0. The first-order chi connectivity index (χ1) is 9.29. The predicted octanol–water partition coefficient (Wildman–Crippen LogP) is 3.33. The van der Waals surface area contributed by atoms with Crippen LogP contribution < -0.4 is 5.63 Å². The van der Waals surface area contributed by atoms with Crippen LogP contribution >= 0.6 is 0 Å². The quantitative estimate of drug-likeness (QED) is 0.620. The Hall–Kier alpha value is -2.86. The molecule has 1 aromatic heterocycles. The van der Waals surface area contributed by atoms with Crippen LogP contribution in [0.1, 0.15) is 5.56 Å². The van der Waals surface area contributed by atoms with E-state index in [0.29, 0.717) is 16.7 Å². The molecule has 2 aromatic carbocycles. The van der Waals surface area contributed by atoms with Crippen LogP contribution in [0.15, 0.2) is 63.8 Å². The summed E-state index contributed by atoms with van der Waals surface area (Å²) in [6, 6.07) is 18.3. The molecule has 3 rings (SSSR count). The van der Waals surface area contributed by atoms with Crippen LogP contribution in [0, 0.1) is 11.3 Å². The number of benzene rings is 2. The maximum absolute atomic E-state index is 12.0. The smallest absolute Gasteiger partial charge is 0.344 e. The molecule has 0 aliphatic rings. The van der Waals surface area contributed by atoms with Crippen molar-refractivity contribution in [2.24, 2.45) is 0 Å². The first-order valence-electron chi connectivity index (χ1n) is 5.82. The number of nitriles is 1. The summed E-state index contributed by atoms with van der Waals surface area (Å²) in [6.45, 7) is 0. The topological polar surface area (TPSA) is 54.0 Å². The SMILES string of the molecule is N#Cc1cccc2cc(-c3ccccc3)c(=O)oc12. The van der Waals surface area contributed by atoms with Crippen molar-refractivity contribution in [3.05, 3.63) is 70.6 Å². The minimum absolute atomic E-state index is 0.342. The molecule has 0 N–H and O–H groups in total. The number of fused-ring (bicyclic) bond motifs is 1. The molecule has 90 valence electrons. The van der Waals surface area contributed by atoms with Crippen LogP contribution in [0.3, 0.4) is 0 Å². The molecule has 0 saturated heterocycles. The molecule has 0 bridgehead atoms. The monoisotopic (exact) mass is 247 g/mol. The number of hydrogen-bond acceptors (Lipinski definition) is 3. The molecule has 0 aliphatic carbocycles. The average Bonchev–Trinajstić information content (AvgIpc) is 2.47. The standard InChI is InChI=1S/C16H9NO2/c17-10-13-8-4-7-12-9-14(16(18)19-15(12)13)11-5-2-1-3-6-11/h1-9H. The van der Waals surface area contributed by atoms with Crippen molar-refractivity contribution in [3.8, 4) is 17.2 Å². The van der Waals surface area contributed by atoms with Crippen molar-refractivity contribution in [1.29, 1.82) is 5.26 Å². The molecule has 0 atom stereocenters. The third-order valence-electron chi connectivity index (χ3n) is 2.97. The summed E-state index contributed by atoms with van der Waals surface area (Å²) in [5.41, 5.74) is 1.59. The van der Waals surface area contributed by atoms with Crippen molar-refractivity contribution in [1.82, 2.24) is 0 Å². The van der Waals surface area contributed by atoms with Gasteiger partial charge in [-0.15, -0.1) is 0 Å². The van der Waals surface area contributed by atoms with Gasteiger partial charge in [-0.05, 0) is 17.7 Å². The Labute approximate surface area is 109 Å². The highest BCUT2D eigenvalue weighted by Gasteiger charge is 2.09. The van der Waals surface area contributed by atoms with Gasteiger partial charge in [-0.1, -0.05) is 42.5 Å². The first-order valence-corrected chi connectivity index (χ1v) is 5.82. The molecule has 0 saturated carbocycles. The number of rotatable bonds is 1. The molecular formula is C16H9NO2. The molecule has 1 heterocycles. The zero-order valence-corrected chi connectivity index (χ0v) is 9.96. The second-order valence-corrected chi connectivity index (χ2v) is 4.15. The highest BCUT2D eigenvalue weighted by atomic mass is 16.4. The lowest BCUT2D eigenvalue weighted by molar-refractivity contribution is 0.562. The molecule has 3 heteroatoms. The predicted molar refractivity (Wildman–Crippen MR) is 72.6 cm³/mol. The van der Waals surface area contributed by atoms with Gasteiger partial charge in [-0.25, -0.2) is 4.79 Å². The summed E-state index contributed by atoms with van der Waals surface area (Å²) in [6.07, 6.45) is 0. The van der Waals surface area contributed by atoms with Gasteiger partial charge in [0.05, 0.1) is 11.1 Å². The Kier molecular flexibility index (Phi) is 2.62. The Balaban J connectivity index is 2.34. The van der Waals surface area contributed by atoms with E-state index in [1.807, 2.05) is 42.5 Å². The maximum atomic E-state index is 12.0. The Bertz CT molecular complexity index is 842. The van der Waals surface area contributed by atoms with Crippen LogP contribution in [0.4, 0.5) is 0 Å². The van der Waals surface area contributed by atoms with E-state index in [-0.39, 0.29) is 0 Å². The third-order valence-corrected chi connectivity index (χ3v) is 2.97. The van der Waals surface area contributed by atoms with Crippen molar-refractivity contribution < 1.29 is 4.42 Å². The van der Waals surface area contributed by atoms with Gasteiger partial charge in [0.15, 0.2) is 5.58 Å². The van der Waals surface area contributed by atoms with Crippen LogP contribution in [-0.4, -0.2) is 0 Å². The van der Waals surface area contributed by atoms with E-state index in [1.165, 1.54) is 0 Å². The second kappa shape index (κ2) is 4.43. The molecule has 0 unspecified atom stereocenters. The van der Waals surface area contributed by atoms with E-state index in [4.69, 9.17) is 9.68 Å². The Morgan fingerprint density at radius 2 is 1.79 bits per heavy atom. The van der Waals surface area contributed by atoms with Gasteiger partial charge in [0.1, 0.15) is 6.07 Å². The van der Waals surface area contributed by atoms with Gasteiger partial charge in [0.25, 0.3) is 0 Å². The summed E-state index contributed by atoms with van der Waals surface area (Å²) in [7, 11) is 0. The molecule has 3 nitrogen and oxygen atoms in total. The average molecular weight is 247 g/mol. The van der Waals surface area contributed by atoms with Crippen molar-refractivity contribution in [2.75, 3.05) is 0 Å². The molecule has 0 aliphatic heterocycles. The van der Waals surface area contributed by atoms with Crippen LogP contribution in [0.25, 0.3) is 22.1 Å². The van der Waals surface area contributed by atoms with Gasteiger partial charge in [0.2, 0.25) is 0 Å². The third kappa shape index (κ3) is 1.90. The summed E-state index contributed by atoms with van der Waals surface area (Å²) < 4.78 is 5.29. The lowest BCUT2D eigenvalue weighted by Crippen LogP contribution is -2.03. The fraction of sp³-hybridized carbons (Fsp3) is 0. The normalized spacial score (nSPS) is 10.3. The van der Waals surface area contributed by atoms with Crippen molar-refractivity contribution in [3.63, 3.8) is 0 Å². The van der Waals surface area contributed by atoms with Gasteiger partial charge in [0, 0.05) is 5.39 Å². The van der Waals surface area contributed by atoms with Gasteiger partial charge in [-0.2, -0.15) is 5.26 Å². The molecule has 0 radical (unpaired) electrons. The number of para-hydroxylation sites is 1. The summed E-state index contributed by atoms with van der Waals surface area (Å²) in [5.74, 6) is 0. The van der Waals surface area contributed by atoms with E-state index < -0.39 is 5.63 Å². The van der Waals surface area contributed by atoms with E-state index in [2.05, 4.69) is 0 Å². The summed E-state index contributed by atoms with van der Waals surface area (Å²) in [4.78, 5) is 12.0. The summed E-state index contributed by atoms with van der Waals surface area (Å²) in [5, 5.41) is 9.75. The van der Waals surface area contributed by atoms with Crippen molar-refractivity contribution in [2.45, 2.75) is 0 Å². The van der Waals surface area contributed by atoms with Gasteiger partial charge in [-0.3, -0.25) is 0 Å². The zero-order valence-electron chi connectivity index (χ0n) is 9.96. The van der Waals surface area contributed by atoms with Crippen LogP contribution in [0.5, 0.6) is 0 Å². The molecule has 3 aromatic rings. The lowest BCUT2D eigenvalue weighted by atomic mass is 10.0. The first kappa shape index (κ1) is 11.2. The number of nitrogens with zero attached hydrogens (tertiary/aromatic N) is 1. The Morgan fingerprint density at radius 1 is 1.00 bits per heavy atom. The highest BCUT2D eigenvalue weighted by molar-refractivity contribution is 5.85. The zero-order chi connectivity index (χ0) is 13.2. The van der Waals surface area contributed by atoms with Gasteiger partial charge >= 0.3 is 5.63 Å². The summed E-state index contributed by atoms with van der Waals surface area (Å²) >= 11 is 0. The second-order valence-electron chi connectivity index (χ2n) is 4.15. The molecule has 19 heavy (non-hydrogen) atoms. The van der Waals surface area contributed by atoms with E-state index in [1.54, 1.807) is 18.2 Å². The fourth-order valence-electron chi connectivity index (χ4n) is 2.05. The minimum Gasteiger partial charge on any atom is -0.421 e. The van der Waals surface area contributed by atoms with Crippen LogP contribution in [-0.2, 0) is 0 Å². The fourth-order valence-corrected chi connectivity index (χ4v) is 2.05. The molecule has 0 amide bonds. The minimum atomic E-state index is -0.429. The molecular weight excluding hydrogens is 238 g/mol. The van der Waals surface area contributed by atoms with Crippen LogP contribution in [0.2, 0.25) is 0 Å². The largest absolute Gasteiger partial charge is 0.421 e. The van der Waals surface area contributed by atoms with E-state index in [0.717, 1.165) is 10.9 Å². The molecule has 0 spiro atoms. The van der Waals surface area contributed by atoms with E-state index in [9.17, 15) is 4.79 Å². The molecule has 0 fully saturated rings. The lowest BCUT2D eigenvalue weighted by Gasteiger charge is -2.03. The van der Waals surface area contributed by atoms with Gasteiger partial charge < -0.3 is 4.42 Å². The highest BCUT2D eigenvalue weighted by Crippen LogP contribution is 2.22. The maximum Gasteiger partial charge on any atom is 0.344 e. The Morgan fingerprint density at radius 3 is 2.53 bits per heavy atom. The van der Waals surface area contributed by atoms with E-state index >= 15 is 0 Å².